The van der Waals surface area contributed by atoms with E-state index in [9.17, 15) is 0 Å². The van der Waals surface area contributed by atoms with Crippen molar-refractivity contribution in [2.75, 3.05) is 0 Å². The molecule has 31 heavy (non-hydrogen) atoms. The highest BCUT2D eigenvalue weighted by molar-refractivity contribution is 7.05. The van der Waals surface area contributed by atoms with Crippen molar-refractivity contribution in [3.05, 3.63) is 108 Å². The van der Waals surface area contributed by atoms with Crippen LogP contribution in [-0.4, -0.2) is 8.07 Å². The highest BCUT2D eigenvalue weighted by Gasteiger charge is 2.49. The molecule has 160 valence electrons. The van der Waals surface area contributed by atoms with Crippen LogP contribution in [0.25, 0.3) is 0 Å². The molecule has 0 aromatic heterocycles. The molecule has 1 heteroatoms. The van der Waals surface area contributed by atoms with Crippen LogP contribution in [0.2, 0.25) is 11.1 Å². The fraction of sp³-hybridized carbons (Fsp3) is 0.333. The van der Waals surface area contributed by atoms with Crippen molar-refractivity contribution in [2.24, 2.45) is 10.8 Å². The largest absolute Gasteiger partial charge is 0.138 e. The Bertz CT molecular complexity index is 950. The van der Waals surface area contributed by atoms with E-state index in [1.807, 2.05) is 0 Å². The Hall–Kier alpha value is -2.38. The zero-order valence-electron chi connectivity index (χ0n) is 19.9. The zero-order valence-corrected chi connectivity index (χ0v) is 20.9. The summed E-state index contributed by atoms with van der Waals surface area (Å²) in [6.45, 7) is 14.0. The molecule has 2 atom stereocenters. The average Bonchev–Trinajstić information content (AvgIpc) is 3.41. The quantitative estimate of drug-likeness (QED) is 0.460. The molecule has 0 nitrogen and oxygen atoms in total. The van der Waals surface area contributed by atoms with Gasteiger partial charge in [0, 0.05) is 11.1 Å². The third-order valence-electron chi connectivity index (χ3n) is 6.97. The fourth-order valence-corrected chi connectivity index (χ4v) is 10.7. The molecule has 0 N–H and O–H groups in total. The van der Waals surface area contributed by atoms with E-state index in [1.54, 1.807) is 0 Å². The van der Waals surface area contributed by atoms with Crippen molar-refractivity contribution in [1.82, 2.24) is 0 Å². The lowest BCUT2D eigenvalue weighted by atomic mass is 9.87. The Morgan fingerprint density at radius 3 is 1.19 bits per heavy atom. The maximum atomic E-state index is 2.59. The van der Waals surface area contributed by atoms with Crippen LogP contribution in [-0.2, 0) is 0 Å². The lowest BCUT2D eigenvalue weighted by Crippen LogP contribution is -2.63. The molecule has 0 bridgehead atoms. The minimum Gasteiger partial charge on any atom is -0.0793 e. The van der Waals surface area contributed by atoms with Gasteiger partial charge in [0.2, 0.25) is 0 Å². The summed E-state index contributed by atoms with van der Waals surface area (Å²) in [5.41, 5.74) is 4.10. The molecule has 0 heterocycles. The summed E-state index contributed by atoms with van der Waals surface area (Å²) in [5.74, 6) is 0. The SMILES string of the molecule is CC(C)(C)C1=CC([Si](c2ccccc2)(c2ccccc2)C2C=CC(C(C)(C)C)=C2)C=C1. The van der Waals surface area contributed by atoms with E-state index < -0.39 is 8.07 Å². The van der Waals surface area contributed by atoms with E-state index in [-0.39, 0.29) is 10.8 Å². The monoisotopic (exact) mass is 424 g/mol. The molecule has 0 saturated heterocycles. The summed E-state index contributed by atoms with van der Waals surface area (Å²) >= 11 is 0. The molecule has 2 aromatic carbocycles. The smallest absolute Gasteiger partial charge is 0.0793 e. The van der Waals surface area contributed by atoms with Gasteiger partial charge in [-0.1, -0.05) is 149 Å². The Morgan fingerprint density at radius 1 is 0.548 bits per heavy atom. The first-order valence-corrected chi connectivity index (χ1v) is 13.7. The summed E-state index contributed by atoms with van der Waals surface area (Å²) < 4.78 is 0. The van der Waals surface area contributed by atoms with Gasteiger partial charge in [-0.25, -0.2) is 0 Å². The van der Waals surface area contributed by atoms with Gasteiger partial charge in [0.15, 0.2) is 0 Å². The van der Waals surface area contributed by atoms with Crippen LogP contribution < -0.4 is 10.4 Å². The molecule has 4 rings (SSSR count). The van der Waals surface area contributed by atoms with E-state index in [0.29, 0.717) is 11.1 Å². The molecule has 0 aliphatic heterocycles. The average molecular weight is 425 g/mol. The van der Waals surface area contributed by atoms with Crippen LogP contribution in [0.3, 0.4) is 0 Å². The highest BCUT2D eigenvalue weighted by Crippen LogP contribution is 2.46. The van der Waals surface area contributed by atoms with Crippen molar-refractivity contribution in [3.63, 3.8) is 0 Å². The summed E-state index contributed by atoms with van der Waals surface area (Å²) in [5, 5.41) is 3.03. The van der Waals surface area contributed by atoms with Gasteiger partial charge in [-0.05, 0) is 22.0 Å². The normalized spacial score (nSPS) is 21.4. The second kappa shape index (κ2) is 7.95. The first-order valence-electron chi connectivity index (χ1n) is 11.6. The van der Waals surface area contributed by atoms with Crippen molar-refractivity contribution in [2.45, 2.75) is 52.6 Å². The molecule has 0 radical (unpaired) electrons. The Labute approximate surface area is 190 Å². The molecule has 2 aliphatic carbocycles. The van der Waals surface area contributed by atoms with Gasteiger partial charge in [0.1, 0.15) is 8.07 Å². The highest BCUT2D eigenvalue weighted by atomic mass is 28.3. The zero-order chi connectivity index (χ0) is 22.3. The lowest BCUT2D eigenvalue weighted by Gasteiger charge is -2.41. The van der Waals surface area contributed by atoms with Crippen LogP contribution >= 0.6 is 0 Å². The van der Waals surface area contributed by atoms with Crippen LogP contribution in [0, 0.1) is 10.8 Å². The van der Waals surface area contributed by atoms with E-state index >= 15 is 0 Å². The van der Waals surface area contributed by atoms with Gasteiger partial charge in [0.25, 0.3) is 0 Å². The number of rotatable bonds is 4. The molecule has 0 saturated carbocycles. The Balaban J connectivity index is 1.99. The molecule has 2 aromatic rings. The summed E-state index contributed by atoms with van der Waals surface area (Å²) in [6, 6.07) is 22.7. The molecular formula is C30H36Si. The number of hydrogen-bond acceptors (Lipinski definition) is 0. The van der Waals surface area contributed by atoms with Gasteiger partial charge in [-0.2, -0.15) is 0 Å². The third kappa shape index (κ3) is 3.96. The van der Waals surface area contributed by atoms with Crippen LogP contribution in [0.5, 0.6) is 0 Å². The Morgan fingerprint density at radius 2 is 0.903 bits per heavy atom. The van der Waals surface area contributed by atoms with Gasteiger partial charge < -0.3 is 0 Å². The minimum atomic E-state index is -2.25. The molecule has 0 amide bonds. The fourth-order valence-electron chi connectivity index (χ4n) is 5.18. The van der Waals surface area contributed by atoms with E-state index in [4.69, 9.17) is 0 Å². The molecule has 2 aliphatic rings. The van der Waals surface area contributed by atoms with Gasteiger partial charge in [-0.15, -0.1) is 0 Å². The molecule has 0 spiro atoms. The van der Waals surface area contributed by atoms with E-state index in [0.717, 1.165) is 0 Å². The number of allylic oxidation sites excluding steroid dienone is 8. The van der Waals surface area contributed by atoms with Crippen molar-refractivity contribution in [3.8, 4) is 0 Å². The van der Waals surface area contributed by atoms with Gasteiger partial charge in [0.05, 0.1) is 0 Å². The topological polar surface area (TPSA) is 0 Å². The van der Waals surface area contributed by atoms with E-state index in [1.165, 1.54) is 21.5 Å². The predicted molar refractivity (Wildman–Crippen MR) is 139 cm³/mol. The number of benzene rings is 2. The summed E-state index contributed by atoms with van der Waals surface area (Å²) in [4.78, 5) is 0. The maximum Gasteiger partial charge on any atom is 0.138 e. The van der Waals surface area contributed by atoms with Crippen LogP contribution in [0.4, 0.5) is 0 Å². The van der Waals surface area contributed by atoms with Crippen molar-refractivity contribution < 1.29 is 0 Å². The molecular weight excluding hydrogens is 388 g/mol. The Kier molecular flexibility index (Phi) is 5.60. The summed E-state index contributed by atoms with van der Waals surface area (Å²) in [7, 11) is -2.25. The first kappa shape index (κ1) is 21.8. The maximum absolute atomic E-state index is 2.59. The van der Waals surface area contributed by atoms with Crippen LogP contribution in [0.15, 0.2) is 108 Å². The van der Waals surface area contributed by atoms with E-state index in [2.05, 4.69) is 139 Å². The van der Waals surface area contributed by atoms with Crippen molar-refractivity contribution in [1.29, 1.82) is 0 Å². The van der Waals surface area contributed by atoms with Gasteiger partial charge in [-0.3, -0.25) is 0 Å². The van der Waals surface area contributed by atoms with Crippen LogP contribution in [0.1, 0.15) is 41.5 Å². The second-order valence-corrected chi connectivity index (χ2v) is 15.3. The third-order valence-corrected chi connectivity index (χ3v) is 12.4. The summed E-state index contributed by atoms with van der Waals surface area (Å²) in [6.07, 6.45) is 15.0. The van der Waals surface area contributed by atoms with Crippen molar-refractivity contribution >= 4 is 18.4 Å². The second-order valence-electron chi connectivity index (χ2n) is 11.1. The van der Waals surface area contributed by atoms with Gasteiger partial charge >= 0.3 is 0 Å². The molecule has 2 unspecified atom stereocenters. The minimum absolute atomic E-state index is 0.163. The number of hydrogen-bond donors (Lipinski definition) is 0. The molecule has 0 fully saturated rings. The predicted octanol–water partition coefficient (Wildman–Crippen LogP) is 7.07. The standard InChI is InChI=1S/C30H36Si/c1-29(2,3)23-17-19-27(21-23)31(25-13-9-7-10-14-25,26-15-11-8-12-16-26)28-20-18-24(22-28)30(4,5)6/h7-22,27-28H,1-6H3. The first-order chi connectivity index (χ1) is 14.6. The lowest BCUT2D eigenvalue weighted by molar-refractivity contribution is 0.518.